The summed E-state index contributed by atoms with van der Waals surface area (Å²) in [6.45, 7) is 3.57. The highest BCUT2D eigenvalue weighted by Gasteiger charge is 2.17. The first-order chi connectivity index (χ1) is 13.0. The van der Waals surface area contributed by atoms with Gasteiger partial charge in [0, 0.05) is 10.8 Å². The van der Waals surface area contributed by atoms with E-state index in [4.69, 9.17) is 16.3 Å². The number of hydrogen-bond donors (Lipinski definition) is 1. The van der Waals surface area contributed by atoms with Crippen molar-refractivity contribution >= 4 is 45.7 Å². The fraction of sp³-hybridized carbons (Fsp3) is 0.211. The third-order valence-electron chi connectivity index (χ3n) is 3.65. The largest absolute Gasteiger partial charge is 0.481 e. The summed E-state index contributed by atoms with van der Waals surface area (Å²) in [6, 6.07) is 15.4. The summed E-state index contributed by atoms with van der Waals surface area (Å²) in [5, 5.41) is 12.0. The molecule has 5 nitrogen and oxygen atoms in total. The highest BCUT2D eigenvalue weighted by molar-refractivity contribution is 8.00. The number of hydrogen-bond acceptors (Lipinski definition) is 6. The number of carbonyl (C=O) groups is 1. The molecule has 0 fully saturated rings. The first kappa shape index (κ1) is 19.7. The molecule has 0 saturated heterocycles. The molecule has 0 aliphatic rings. The first-order valence-corrected chi connectivity index (χ1v) is 10.4. The van der Waals surface area contributed by atoms with Crippen molar-refractivity contribution in [1.29, 1.82) is 0 Å². The Balaban J connectivity index is 1.52. The zero-order valence-electron chi connectivity index (χ0n) is 14.8. The van der Waals surface area contributed by atoms with Crippen LogP contribution in [0.25, 0.3) is 0 Å². The molecular weight excluding hydrogens is 402 g/mol. The van der Waals surface area contributed by atoms with E-state index in [9.17, 15) is 4.79 Å². The van der Waals surface area contributed by atoms with Crippen LogP contribution in [0.3, 0.4) is 0 Å². The van der Waals surface area contributed by atoms with Gasteiger partial charge in [-0.1, -0.05) is 65.0 Å². The van der Waals surface area contributed by atoms with Gasteiger partial charge in [0.2, 0.25) is 5.13 Å². The van der Waals surface area contributed by atoms with Gasteiger partial charge in [-0.2, -0.15) is 0 Å². The SMILES string of the molecule is Cc1cc(O[C@H](C)C(=O)Nc2nnc(SCc3ccccc3)s2)ccc1Cl. The molecule has 140 valence electrons. The minimum Gasteiger partial charge on any atom is -0.481 e. The topological polar surface area (TPSA) is 64.1 Å². The summed E-state index contributed by atoms with van der Waals surface area (Å²) in [6.07, 6.45) is -0.671. The Morgan fingerprint density at radius 1 is 1.26 bits per heavy atom. The number of carbonyl (C=O) groups excluding carboxylic acids is 1. The van der Waals surface area contributed by atoms with E-state index in [0.717, 1.165) is 15.7 Å². The zero-order valence-corrected chi connectivity index (χ0v) is 17.2. The van der Waals surface area contributed by atoms with Gasteiger partial charge in [0.1, 0.15) is 5.75 Å². The Morgan fingerprint density at radius 2 is 2.04 bits per heavy atom. The minimum atomic E-state index is -0.671. The lowest BCUT2D eigenvalue weighted by Gasteiger charge is -2.14. The zero-order chi connectivity index (χ0) is 19.2. The van der Waals surface area contributed by atoms with Crippen LogP contribution < -0.4 is 10.1 Å². The third-order valence-corrected chi connectivity index (χ3v) is 6.12. The van der Waals surface area contributed by atoms with Crippen LogP contribution in [0.4, 0.5) is 5.13 Å². The van der Waals surface area contributed by atoms with Gasteiger partial charge in [0.25, 0.3) is 5.91 Å². The van der Waals surface area contributed by atoms with Gasteiger partial charge in [0.15, 0.2) is 10.4 Å². The number of benzene rings is 2. The normalized spacial score (nSPS) is 11.8. The molecule has 27 heavy (non-hydrogen) atoms. The molecular formula is C19H18ClN3O2S2. The summed E-state index contributed by atoms with van der Waals surface area (Å²) in [7, 11) is 0. The van der Waals surface area contributed by atoms with Crippen molar-refractivity contribution in [3.63, 3.8) is 0 Å². The summed E-state index contributed by atoms with van der Waals surface area (Å²) >= 11 is 8.93. The number of ether oxygens (including phenoxy) is 1. The van der Waals surface area contributed by atoms with Crippen molar-refractivity contribution < 1.29 is 9.53 Å². The Kier molecular flexibility index (Phi) is 6.71. The smallest absolute Gasteiger partial charge is 0.266 e. The van der Waals surface area contributed by atoms with Gasteiger partial charge in [-0.3, -0.25) is 10.1 Å². The summed E-state index contributed by atoms with van der Waals surface area (Å²) in [4.78, 5) is 12.3. The van der Waals surface area contributed by atoms with Crippen molar-refractivity contribution in [3.8, 4) is 5.75 Å². The molecule has 1 atom stereocenters. The van der Waals surface area contributed by atoms with Crippen molar-refractivity contribution in [2.75, 3.05) is 5.32 Å². The number of aryl methyl sites for hydroxylation is 1. The molecule has 1 N–H and O–H groups in total. The van der Waals surface area contributed by atoms with Crippen molar-refractivity contribution in [2.45, 2.75) is 30.0 Å². The molecule has 3 aromatic rings. The maximum Gasteiger partial charge on any atom is 0.266 e. The average Bonchev–Trinajstić information content (AvgIpc) is 3.11. The maximum absolute atomic E-state index is 12.3. The number of aromatic nitrogens is 2. The lowest BCUT2D eigenvalue weighted by molar-refractivity contribution is -0.122. The van der Waals surface area contributed by atoms with E-state index < -0.39 is 6.10 Å². The van der Waals surface area contributed by atoms with Gasteiger partial charge >= 0.3 is 0 Å². The van der Waals surface area contributed by atoms with Crippen LogP contribution in [0.2, 0.25) is 5.02 Å². The lowest BCUT2D eigenvalue weighted by atomic mass is 10.2. The van der Waals surface area contributed by atoms with Crippen LogP contribution in [0.5, 0.6) is 5.75 Å². The molecule has 0 radical (unpaired) electrons. The van der Waals surface area contributed by atoms with Gasteiger partial charge in [-0.15, -0.1) is 10.2 Å². The van der Waals surface area contributed by atoms with E-state index in [1.165, 1.54) is 16.9 Å². The lowest BCUT2D eigenvalue weighted by Crippen LogP contribution is -2.30. The quantitative estimate of drug-likeness (QED) is 0.421. The number of rotatable bonds is 7. The molecule has 1 amide bonds. The maximum atomic E-state index is 12.3. The molecule has 1 aromatic heterocycles. The van der Waals surface area contributed by atoms with E-state index in [2.05, 4.69) is 27.6 Å². The number of halogens is 1. The molecule has 2 aromatic carbocycles. The molecule has 8 heteroatoms. The summed E-state index contributed by atoms with van der Waals surface area (Å²) in [5.41, 5.74) is 2.11. The third kappa shape index (κ3) is 5.69. The van der Waals surface area contributed by atoms with E-state index >= 15 is 0 Å². The average molecular weight is 420 g/mol. The van der Waals surface area contributed by atoms with E-state index in [0.29, 0.717) is 15.9 Å². The Labute approximate surface area is 171 Å². The van der Waals surface area contributed by atoms with Crippen LogP contribution in [0.15, 0.2) is 52.9 Å². The second-order valence-electron chi connectivity index (χ2n) is 5.81. The van der Waals surface area contributed by atoms with Gasteiger partial charge < -0.3 is 4.74 Å². The van der Waals surface area contributed by atoms with Crippen LogP contribution in [0, 0.1) is 6.92 Å². The van der Waals surface area contributed by atoms with E-state index in [1.54, 1.807) is 36.9 Å². The minimum absolute atomic E-state index is 0.279. The predicted molar refractivity (Wildman–Crippen MR) is 111 cm³/mol. The molecule has 0 bridgehead atoms. The Hall–Kier alpha value is -2.09. The van der Waals surface area contributed by atoms with Crippen molar-refractivity contribution in [2.24, 2.45) is 0 Å². The van der Waals surface area contributed by atoms with Crippen LogP contribution in [-0.2, 0) is 10.5 Å². The van der Waals surface area contributed by atoms with Crippen LogP contribution in [0.1, 0.15) is 18.1 Å². The van der Waals surface area contributed by atoms with E-state index in [1.807, 2.05) is 25.1 Å². The standard InChI is InChI=1S/C19H18ClN3O2S2/c1-12-10-15(8-9-16(12)20)25-13(2)17(24)21-18-22-23-19(27-18)26-11-14-6-4-3-5-7-14/h3-10,13H,11H2,1-2H3,(H,21,22,24)/t13-/m1/s1. The van der Waals surface area contributed by atoms with Gasteiger partial charge in [-0.25, -0.2) is 0 Å². The number of nitrogens with zero attached hydrogens (tertiary/aromatic N) is 2. The number of nitrogens with one attached hydrogen (secondary N) is 1. The fourth-order valence-corrected chi connectivity index (χ4v) is 4.02. The molecule has 0 aliphatic heterocycles. The monoisotopic (exact) mass is 419 g/mol. The van der Waals surface area contributed by atoms with Crippen LogP contribution in [-0.4, -0.2) is 22.2 Å². The molecule has 0 spiro atoms. The van der Waals surface area contributed by atoms with Crippen LogP contribution >= 0.6 is 34.7 Å². The number of anilines is 1. The highest BCUT2D eigenvalue weighted by atomic mass is 35.5. The molecule has 3 rings (SSSR count). The summed E-state index contributed by atoms with van der Waals surface area (Å²) in [5.74, 6) is 1.12. The molecule has 1 heterocycles. The second-order valence-corrected chi connectivity index (χ2v) is 8.41. The van der Waals surface area contributed by atoms with Gasteiger partial charge in [-0.05, 0) is 43.2 Å². The summed E-state index contributed by atoms with van der Waals surface area (Å²) < 4.78 is 6.48. The second kappa shape index (κ2) is 9.21. The Morgan fingerprint density at radius 3 is 2.78 bits per heavy atom. The van der Waals surface area contributed by atoms with Crippen molar-refractivity contribution in [3.05, 3.63) is 64.7 Å². The highest BCUT2D eigenvalue weighted by Crippen LogP contribution is 2.28. The van der Waals surface area contributed by atoms with E-state index in [-0.39, 0.29) is 5.91 Å². The Bertz CT molecular complexity index is 918. The van der Waals surface area contributed by atoms with Gasteiger partial charge in [0.05, 0.1) is 0 Å². The van der Waals surface area contributed by atoms with Crippen molar-refractivity contribution in [1.82, 2.24) is 10.2 Å². The first-order valence-electron chi connectivity index (χ1n) is 8.25. The molecule has 0 aliphatic carbocycles. The molecule has 0 saturated carbocycles. The predicted octanol–water partition coefficient (Wildman–Crippen LogP) is 5.20. The number of amides is 1. The fourth-order valence-electron chi connectivity index (χ4n) is 2.19. The molecule has 0 unspecified atom stereocenters. The number of thioether (sulfide) groups is 1.